The largest absolute Gasteiger partial charge is 0.507 e. The Hall–Kier alpha value is -3.72. The maximum atomic E-state index is 12.8. The molecule has 3 heteroatoms. The van der Waals surface area contributed by atoms with E-state index >= 15 is 0 Å². The van der Waals surface area contributed by atoms with Crippen molar-refractivity contribution >= 4 is 0 Å². The normalized spacial score (nSPS) is 12.9. The maximum Gasteiger partial charge on any atom is 0.123 e. The number of rotatable bonds is 42. The molecule has 4 rings (SSSR count). The van der Waals surface area contributed by atoms with Gasteiger partial charge in [-0.3, -0.25) is 0 Å². The third kappa shape index (κ3) is 20.4. The molecule has 0 unspecified atom stereocenters. The van der Waals surface area contributed by atoms with Crippen molar-refractivity contribution in [3.05, 3.63) is 120 Å². The van der Waals surface area contributed by atoms with Gasteiger partial charge in [0.15, 0.2) is 0 Å². The third-order valence-corrected chi connectivity index (χ3v) is 21.1. The highest BCUT2D eigenvalue weighted by molar-refractivity contribution is 5.61. The molecule has 0 aliphatic carbocycles. The van der Waals surface area contributed by atoms with Gasteiger partial charge in [0.25, 0.3) is 0 Å². The lowest BCUT2D eigenvalue weighted by atomic mass is 9.71. The van der Waals surface area contributed by atoms with E-state index in [1.54, 1.807) is 0 Å². The van der Waals surface area contributed by atoms with Crippen LogP contribution < -0.4 is 0 Å². The average Bonchev–Trinajstić information content (AvgIpc) is 0.928. The number of benzene rings is 4. The van der Waals surface area contributed by atoms with E-state index in [0.717, 1.165) is 168 Å². The molecule has 0 bridgehead atoms. The van der Waals surface area contributed by atoms with Gasteiger partial charge in [0.1, 0.15) is 17.2 Å². The first-order chi connectivity index (χ1) is 41.0. The zero-order chi connectivity index (χ0) is 65.0. The molecule has 3 nitrogen and oxygen atoms in total. The molecular weight excluding hydrogens is 1060 g/mol. The van der Waals surface area contributed by atoms with E-state index in [4.69, 9.17) is 0 Å². The Bertz CT molecular complexity index is 2270. The fourth-order valence-corrected chi connectivity index (χ4v) is 15.2. The summed E-state index contributed by atoms with van der Waals surface area (Å²) in [4.78, 5) is 0. The van der Waals surface area contributed by atoms with E-state index in [9.17, 15) is 15.3 Å². The van der Waals surface area contributed by atoms with Crippen LogP contribution in [0.15, 0.2) is 36.4 Å². The minimum absolute atomic E-state index is 0.199. The Morgan fingerprint density at radius 3 is 0.529 bits per heavy atom. The number of phenolic OH excluding ortho intramolecular Hbond substituents is 3. The molecule has 0 fully saturated rings. The molecule has 4 aromatic rings. The third-order valence-electron chi connectivity index (χ3n) is 21.1. The van der Waals surface area contributed by atoms with E-state index in [2.05, 4.69) is 182 Å². The summed E-state index contributed by atoms with van der Waals surface area (Å²) in [6.07, 6.45) is 35.9. The molecule has 0 radical (unpaired) electrons. The second kappa shape index (κ2) is 34.6. The molecule has 0 atom stereocenters. The Morgan fingerprint density at radius 1 is 0.230 bits per heavy atom. The van der Waals surface area contributed by atoms with Crippen LogP contribution in [0, 0.1) is 0 Å². The molecule has 0 saturated carbocycles. The molecule has 3 N–H and O–H groups in total. The lowest BCUT2D eigenvalue weighted by Crippen LogP contribution is -2.23. The highest BCUT2D eigenvalue weighted by atomic mass is 16.3. The van der Waals surface area contributed by atoms with Gasteiger partial charge in [-0.2, -0.15) is 0 Å². The van der Waals surface area contributed by atoms with Gasteiger partial charge in [-0.25, -0.2) is 0 Å². The van der Waals surface area contributed by atoms with Crippen LogP contribution in [0.2, 0.25) is 0 Å². The molecular formula is C84H138O3. The summed E-state index contributed by atoms with van der Waals surface area (Å²) >= 11 is 0. The summed E-state index contributed by atoms with van der Waals surface area (Å²) in [5, 5.41) is 38.4. The van der Waals surface area contributed by atoms with Gasteiger partial charge in [-0.05, 0) is 160 Å². The summed E-state index contributed by atoms with van der Waals surface area (Å²) in [7, 11) is 0. The SMILES string of the molecule is CCCCCC(C)(C)c1cc(Cc2c(CCC)c(Cc3cc(C(C)(C)CCCCC)c(O)c(C(C)(C)CCCCC)c3)c(CCC)c(Cc3cc(C(C)(C)CCCCC)c(O)c(C(C)(C)CCCCC)c3)c2CCC)cc(C(C)(C)CCCCC)c1O. The fraction of sp³-hybridized carbons (Fsp3) is 0.714. The van der Waals surface area contributed by atoms with Crippen LogP contribution in [-0.2, 0) is 71.0 Å². The van der Waals surface area contributed by atoms with Crippen LogP contribution >= 0.6 is 0 Å². The molecule has 0 spiro atoms. The van der Waals surface area contributed by atoms with Crippen LogP contribution in [0.4, 0.5) is 0 Å². The summed E-state index contributed by atoms with van der Waals surface area (Å²) in [6.45, 7) is 49.7. The second-order valence-corrected chi connectivity index (χ2v) is 31.8. The number of hydrogen-bond acceptors (Lipinski definition) is 3. The van der Waals surface area contributed by atoms with Crippen molar-refractivity contribution in [2.45, 2.75) is 390 Å². The number of unbranched alkanes of at least 4 members (excludes halogenated alkanes) is 12. The highest BCUT2D eigenvalue weighted by Gasteiger charge is 2.36. The minimum atomic E-state index is -0.199. The fourth-order valence-electron chi connectivity index (χ4n) is 15.2. The molecule has 0 aromatic heterocycles. The molecule has 0 amide bonds. The summed E-state index contributed by atoms with van der Waals surface area (Å²) in [6, 6.07) is 14.7. The highest BCUT2D eigenvalue weighted by Crippen LogP contribution is 2.49. The molecule has 0 aliphatic heterocycles. The van der Waals surface area contributed by atoms with Crippen LogP contribution in [0.3, 0.4) is 0 Å². The predicted molar refractivity (Wildman–Crippen MR) is 384 cm³/mol. The number of aromatic hydroxyl groups is 3. The molecule has 0 heterocycles. The van der Waals surface area contributed by atoms with Gasteiger partial charge in [0, 0.05) is 33.4 Å². The second-order valence-electron chi connectivity index (χ2n) is 31.8. The topological polar surface area (TPSA) is 60.7 Å². The molecule has 0 aliphatic rings. The zero-order valence-corrected chi connectivity index (χ0v) is 61.1. The molecule has 87 heavy (non-hydrogen) atoms. The van der Waals surface area contributed by atoms with Crippen molar-refractivity contribution in [2.24, 2.45) is 0 Å². The van der Waals surface area contributed by atoms with Gasteiger partial charge >= 0.3 is 0 Å². The molecule has 492 valence electrons. The number of phenols is 3. The first kappa shape index (κ1) is 75.7. The summed E-state index contributed by atoms with van der Waals surface area (Å²) < 4.78 is 0. The van der Waals surface area contributed by atoms with E-state index in [-0.39, 0.29) is 32.5 Å². The van der Waals surface area contributed by atoms with Crippen LogP contribution in [-0.4, -0.2) is 15.3 Å². The van der Waals surface area contributed by atoms with Crippen LogP contribution in [0.1, 0.15) is 402 Å². The lowest BCUT2D eigenvalue weighted by molar-refractivity contribution is 0.379. The molecule has 4 aromatic carbocycles. The van der Waals surface area contributed by atoms with Crippen molar-refractivity contribution in [1.82, 2.24) is 0 Å². The predicted octanol–water partition coefficient (Wildman–Crippen LogP) is 25.6. The molecule has 0 saturated heterocycles. The average molecular weight is 1200 g/mol. The van der Waals surface area contributed by atoms with Gasteiger partial charge in [-0.1, -0.05) is 317 Å². The van der Waals surface area contributed by atoms with Crippen LogP contribution in [0.5, 0.6) is 17.2 Å². The monoisotopic (exact) mass is 1200 g/mol. The van der Waals surface area contributed by atoms with Crippen molar-refractivity contribution < 1.29 is 15.3 Å². The van der Waals surface area contributed by atoms with Gasteiger partial charge < -0.3 is 15.3 Å². The Kier molecular flexibility index (Phi) is 30.2. The maximum absolute atomic E-state index is 12.8. The summed E-state index contributed by atoms with van der Waals surface area (Å²) in [5.74, 6) is 1.56. The standard InChI is InChI=1S/C84H138O3/c1-22-31-37-46-79(10,11)70-55-61(56-71(76(70)85)80(12,13)47-38-32-23-2)52-67-64(43-28-7)68(53-62-57-72(81(14,15)48-39-33-24-3)77(86)73(58-62)82(16,17)49-40-34-25-4)66(45-30-9)69(65(67)44-29-8)54-63-59-74(83(18,19)50-41-35-26-5)78(87)75(60-63)84(20,21)51-42-36-27-6/h55-60,85-87H,22-54H2,1-21H3. The Morgan fingerprint density at radius 2 is 0.391 bits per heavy atom. The Balaban J connectivity index is 2.36. The van der Waals surface area contributed by atoms with E-state index in [1.165, 1.54) is 127 Å². The Labute approximate surface area is 539 Å². The van der Waals surface area contributed by atoms with Gasteiger partial charge in [-0.15, -0.1) is 0 Å². The minimum Gasteiger partial charge on any atom is -0.507 e. The van der Waals surface area contributed by atoms with E-state index < -0.39 is 0 Å². The smallest absolute Gasteiger partial charge is 0.123 e. The first-order valence-electron chi connectivity index (χ1n) is 36.8. The van der Waals surface area contributed by atoms with E-state index in [0.29, 0.717) is 17.2 Å². The van der Waals surface area contributed by atoms with Crippen LogP contribution in [0.25, 0.3) is 0 Å². The van der Waals surface area contributed by atoms with Gasteiger partial charge in [0.2, 0.25) is 0 Å². The van der Waals surface area contributed by atoms with Crippen molar-refractivity contribution in [1.29, 1.82) is 0 Å². The van der Waals surface area contributed by atoms with Crippen molar-refractivity contribution in [3.8, 4) is 17.2 Å². The van der Waals surface area contributed by atoms with Crippen molar-refractivity contribution in [3.63, 3.8) is 0 Å². The number of hydrogen-bond donors (Lipinski definition) is 3. The van der Waals surface area contributed by atoms with Crippen molar-refractivity contribution in [2.75, 3.05) is 0 Å². The lowest BCUT2D eigenvalue weighted by Gasteiger charge is -2.34. The van der Waals surface area contributed by atoms with E-state index in [1.807, 2.05) is 0 Å². The quantitative estimate of drug-likeness (QED) is 0.0388. The first-order valence-corrected chi connectivity index (χ1v) is 36.8. The summed E-state index contributed by atoms with van der Waals surface area (Å²) in [5.41, 5.74) is 18.6. The van der Waals surface area contributed by atoms with Gasteiger partial charge in [0.05, 0.1) is 0 Å². The zero-order valence-electron chi connectivity index (χ0n) is 61.1.